The van der Waals surface area contributed by atoms with Crippen molar-refractivity contribution in [1.29, 1.82) is 0 Å². The molecule has 17 heavy (non-hydrogen) atoms. The Morgan fingerprint density at radius 2 is 2.41 bits per heavy atom. The number of rotatable bonds is 4. The molecule has 1 aliphatic rings. The minimum Gasteiger partial charge on any atom is -0.490 e. The van der Waals surface area contributed by atoms with Gasteiger partial charge in [0.05, 0.1) is 7.11 Å². The molecule has 0 saturated carbocycles. The molecule has 2 heterocycles. The van der Waals surface area contributed by atoms with Gasteiger partial charge in [-0.15, -0.1) is 0 Å². The standard InChI is InChI=1S/C11H19N3O2S/c1-16-9-10(12)13-17-11(9)14-6-3-2-4-8(14)5-7-15/h8,15H,2-7H2,1H3,(H2,12,13). The molecule has 0 amide bonds. The molecular weight excluding hydrogens is 238 g/mol. The van der Waals surface area contributed by atoms with Crippen LogP contribution in [-0.2, 0) is 0 Å². The predicted octanol–water partition coefficient (Wildman–Crippen LogP) is 1.48. The Hall–Kier alpha value is -1.01. The molecule has 5 nitrogen and oxygen atoms in total. The molecule has 1 aromatic heterocycles. The summed E-state index contributed by atoms with van der Waals surface area (Å²) in [4.78, 5) is 2.28. The van der Waals surface area contributed by atoms with Gasteiger partial charge in [0, 0.05) is 19.2 Å². The van der Waals surface area contributed by atoms with Gasteiger partial charge in [-0.1, -0.05) is 0 Å². The van der Waals surface area contributed by atoms with Crippen molar-refractivity contribution in [2.24, 2.45) is 0 Å². The third-order valence-electron chi connectivity index (χ3n) is 3.21. The fraction of sp³-hybridized carbons (Fsp3) is 0.727. The van der Waals surface area contributed by atoms with E-state index in [0.717, 1.165) is 24.4 Å². The van der Waals surface area contributed by atoms with Crippen LogP contribution in [0.4, 0.5) is 10.8 Å². The average Bonchev–Trinajstić information content (AvgIpc) is 2.71. The normalized spacial score (nSPS) is 20.6. The first-order chi connectivity index (χ1) is 8.27. The number of nitrogen functional groups attached to an aromatic ring is 1. The van der Waals surface area contributed by atoms with Crippen LogP contribution in [0.25, 0.3) is 0 Å². The Balaban J connectivity index is 2.22. The highest BCUT2D eigenvalue weighted by Gasteiger charge is 2.27. The van der Waals surface area contributed by atoms with Gasteiger partial charge < -0.3 is 20.5 Å². The third kappa shape index (κ3) is 2.47. The first-order valence-corrected chi connectivity index (χ1v) is 6.72. The maximum atomic E-state index is 9.12. The van der Waals surface area contributed by atoms with Crippen molar-refractivity contribution in [3.63, 3.8) is 0 Å². The molecule has 1 atom stereocenters. The minimum absolute atomic E-state index is 0.220. The van der Waals surface area contributed by atoms with Crippen LogP contribution in [0.3, 0.4) is 0 Å². The second-order valence-electron chi connectivity index (χ2n) is 4.26. The summed E-state index contributed by atoms with van der Waals surface area (Å²) in [6.45, 7) is 1.21. The van der Waals surface area contributed by atoms with E-state index in [1.807, 2.05) is 0 Å². The molecule has 1 aliphatic heterocycles. The van der Waals surface area contributed by atoms with E-state index in [0.29, 0.717) is 17.6 Å². The van der Waals surface area contributed by atoms with Crippen LogP contribution in [0.1, 0.15) is 25.7 Å². The number of aliphatic hydroxyl groups is 1. The largest absolute Gasteiger partial charge is 0.490 e. The predicted molar refractivity (Wildman–Crippen MR) is 69.8 cm³/mol. The summed E-state index contributed by atoms with van der Waals surface area (Å²) in [6, 6.07) is 0.377. The zero-order valence-corrected chi connectivity index (χ0v) is 10.9. The number of ether oxygens (including phenoxy) is 1. The smallest absolute Gasteiger partial charge is 0.197 e. The molecule has 96 valence electrons. The second kappa shape index (κ2) is 5.55. The number of aromatic nitrogens is 1. The van der Waals surface area contributed by atoms with Crippen LogP contribution in [0.5, 0.6) is 5.75 Å². The molecule has 1 fully saturated rings. The molecule has 2 rings (SSSR count). The molecule has 0 spiro atoms. The van der Waals surface area contributed by atoms with E-state index >= 15 is 0 Å². The molecule has 1 unspecified atom stereocenters. The Morgan fingerprint density at radius 1 is 1.59 bits per heavy atom. The number of hydrogen-bond acceptors (Lipinski definition) is 6. The van der Waals surface area contributed by atoms with Crippen molar-refractivity contribution in [1.82, 2.24) is 4.37 Å². The van der Waals surface area contributed by atoms with Gasteiger partial charge in [-0.2, -0.15) is 4.37 Å². The number of hydrogen-bond donors (Lipinski definition) is 2. The molecular formula is C11H19N3O2S. The Bertz CT molecular complexity index is 368. The number of aliphatic hydroxyl groups excluding tert-OH is 1. The maximum Gasteiger partial charge on any atom is 0.197 e. The monoisotopic (exact) mass is 257 g/mol. The first kappa shape index (κ1) is 12.4. The molecule has 0 radical (unpaired) electrons. The summed E-state index contributed by atoms with van der Waals surface area (Å²) in [5.41, 5.74) is 5.78. The van der Waals surface area contributed by atoms with E-state index in [2.05, 4.69) is 9.27 Å². The van der Waals surface area contributed by atoms with Gasteiger partial charge >= 0.3 is 0 Å². The van der Waals surface area contributed by atoms with E-state index in [4.69, 9.17) is 15.6 Å². The average molecular weight is 257 g/mol. The summed E-state index contributed by atoms with van der Waals surface area (Å²) >= 11 is 1.38. The van der Waals surface area contributed by atoms with Crippen molar-refractivity contribution >= 4 is 22.4 Å². The number of nitrogens with zero attached hydrogens (tertiary/aromatic N) is 2. The van der Waals surface area contributed by atoms with Crippen molar-refractivity contribution in [2.45, 2.75) is 31.7 Å². The van der Waals surface area contributed by atoms with Crippen LogP contribution in [0.15, 0.2) is 0 Å². The quantitative estimate of drug-likeness (QED) is 0.854. The second-order valence-corrected chi connectivity index (χ2v) is 5.01. The Labute approximate surface area is 105 Å². The van der Waals surface area contributed by atoms with Gasteiger partial charge in [0.2, 0.25) is 0 Å². The summed E-state index contributed by atoms with van der Waals surface area (Å²) in [7, 11) is 1.62. The lowest BCUT2D eigenvalue weighted by Gasteiger charge is -2.36. The van der Waals surface area contributed by atoms with Crippen molar-refractivity contribution in [3.05, 3.63) is 0 Å². The van der Waals surface area contributed by atoms with Gasteiger partial charge in [0.15, 0.2) is 16.6 Å². The summed E-state index contributed by atoms with van der Waals surface area (Å²) < 4.78 is 9.46. The molecule has 0 aliphatic carbocycles. The molecule has 0 bridgehead atoms. The van der Waals surface area contributed by atoms with Crippen LogP contribution < -0.4 is 15.4 Å². The zero-order valence-electron chi connectivity index (χ0n) is 10.1. The van der Waals surface area contributed by atoms with Gasteiger partial charge in [-0.25, -0.2) is 0 Å². The van der Waals surface area contributed by atoms with E-state index in [1.54, 1.807) is 7.11 Å². The number of nitrogens with two attached hydrogens (primary N) is 1. The topological polar surface area (TPSA) is 71.6 Å². The van der Waals surface area contributed by atoms with Crippen LogP contribution >= 0.6 is 11.5 Å². The Morgan fingerprint density at radius 3 is 3.12 bits per heavy atom. The van der Waals surface area contributed by atoms with E-state index in [1.165, 1.54) is 24.4 Å². The fourth-order valence-electron chi connectivity index (χ4n) is 2.38. The highest BCUT2D eigenvalue weighted by atomic mass is 32.1. The zero-order chi connectivity index (χ0) is 12.3. The summed E-state index contributed by atoms with van der Waals surface area (Å²) in [6.07, 6.45) is 4.29. The molecule has 1 saturated heterocycles. The van der Waals surface area contributed by atoms with E-state index in [-0.39, 0.29) is 6.61 Å². The molecule has 1 aromatic rings. The van der Waals surface area contributed by atoms with Crippen LogP contribution in [-0.4, -0.2) is 35.8 Å². The lowest BCUT2D eigenvalue weighted by molar-refractivity contribution is 0.262. The maximum absolute atomic E-state index is 9.12. The van der Waals surface area contributed by atoms with Crippen molar-refractivity contribution < 1.29 is 9.84 Å². The SMILES string of the molecule is COc1c(N)nsc1N1CCCCC1CCO. The number of piperidine rings is 1. The fourth-order valence-corrected chi connectivity index (χ4v) is 3.26. The highest BCUT2D eigenvalue weighted by Crippen LogP contribution is 2.41. The van der Waals surface area contributed by atoms with Gasteiger partial charge in [0.25, 0.3) is 0 Å². The van der Waals surface area contributed by atoms with Crippen molar-refractivity contribution in [3.8, 4) is 5.75 Å². The first-order valence-electron chi connectivity index (χ1n) is 5.94. The van der Waals surface area contributed by atoms with E-state index in [9.17, 15) is 0 Å². The van der Waals surface area contributed by atoms with Gasteiger partial charge in [0.1, 0.15) is 0 Å². The third-order valence-corrected chi connectivity index (χ3v) is 4.09. The van der Waals surface area contributed by atoms with Gasteiger partial charge in [-0.3, -0.25) is 0 Å². The summed E-state index contributed by atoms with van der Waals surface area (Å²) in [5, 5.41) is 10.1. The number of anilines is 2. The lowest BCUT2D eigenvalue weighted by atomic mass is 10.00. The number of methoxy groups -OCH3 is 1. The summed E-state index contributed by atoms with van der Waals surface area (Å²) in [5.74, 6) is 1.14. The minimum atomic E-state index is 0.220. The van der Waals surface area contributed by atoms with Crippen LogP contribution in [0.2, 0.25) is 0 Å². The highest BCUT2D eigenvalue weighted by molar-refractivity contribution is 7.11. The van der Waals surface area contributed by atoms with Crippen LogP contribution in [0, 0.1) is 0 Å². The Kier molecular flexibility index (Phi) is 4.06. The van der Waals surface area contributed by atoms with E-state index < -0.39 is 0 Å². The lowest BCUT2D eigenvalue weighted by Crippen LogP contribution is -2.39. The van der Waals surface area contributed by atoms with Crippen molar-refractivity contribution in [2.75, 3.05) is 30.9 Å². The molecule has 6 heteroatoms. The van der Waals surface area contributed by atoms with Gasteiger partial charge in [-0.05, 0) is 37.2 Å². The molecule has 0 aromatic carbocycles. The molecule has 3 N–H and O–H groups in total.